The van der Waals surface area contributed by atoms with Gasteiger partial charge >= 0.3 is 0 Å². The van der Waals surface area contributed by atoms with Crippen molar-refractivity contribution in [3.63, 3.8) is 0 Å². The molecule has 0 radical (unpaired) electrons. The molecule has 2 heterocycles. The van der Waals surface area contributed by atoms with Gasteiger partial charge in [-0.3, -0.25) is 9.36 Å². The SMILES string of the molecule is CC(C)NC(=O)[C@@H](C)Sc1nnc(-c2cccs2)n1C1CC1. The number of aromatic nitrogens is 3. The van der Waals surface area contributed by atoms with E-state index in [4.69, 9.17) is 0 Å². The van der Waals surface area contributed by atoms with Gasteiger partial charge in [0.1, 0.15) is 0 Å². The quantitative estimate of drug-likeness (QED) is 0.822. The maximum Gasteiger partial charge on any atom is 0.233 e. The smallest absolute Gasteiger partial charge is 0.233 e. The van der Waals surface area contributed by atoms with Crippen molar-refractivity contribution in [1.29, 1.82) is 0 Å². The third kappa shape index (κ3) is 3.35. The molecule has 0 aliphatic heterocycles. The summed E-state index contributed by atoms with van der Waals surface area (Å²) in [7, 11) is 0. The Labute approximate surface area is 138 Å². The molecule has 5 nitrogen and oxygen atoms in total. The van der Waals surface area contributed by atoms with Crippen LogP contribution in [-0.4, -0.2) is 32.0 Å². The summed E-state index contributed by atoms with van der Waals surface area (Å²) in [6, 6.07) is 4.72. The van der Waals surface area contributed by atoms with E-state index in [0.717, 1.165) is 28.7 Å². The molecule has 0 bridgehead atoms. The van der Waals surface area contributed by atoms with Crippen molar-refractivity contribution in [3.05, 3.63) is 17.5 Å². The molecule has 1 aliphatic carbocycles. The highest BCUT2D eigenvalue weighted by Gasteiger charge is 2.31. The first-order chi connectivity index (χ1) is 10.6. The Balaban J connectivity index is 1.81. The third-order valence-corrected chi connectivity index (χ3v) is 5.32. The number of carbonyl (C=O) groups excluding carboxylic acids is 1. The first kappa shape index (κ1) is 15.6. The minimum atomic E-state index is -0.180. The van der Waals surface area contributed by atoms with Crippen LogP contribution in [-0.2, 0) is 4.79 Å². The molecule has 118 valence electrons. The molecule has 1 atom stereocenters. The number of nitrogens with one attached hydrogen (secondary N) is 1. The molecule has 3 rings (SSSR count). The summed E-state index contributed by atoms with van der Waals surface area (Å²) in [6.45, 7) is 5.85. The Hall–Kier alpha value is -1.34. The van der Waals surface area contributed by atoms with Crippen LogP contribution in [0.25, 0.3) is 10.7 Å². The van der Waals surface area contributed by atoms with Gasteiger partial charge in [0.05, 0.1) is 10.1 Å². The van der Waals surface area contributed by atoms with Crippen molar-refractivity contribution < 1.29 is 4.79 Å². The molecule has 1 aliphatic rings. The fraction of sp³-hybridized carbons (Fsp3) is 0.533. The number of hydrogen-bond donors (Lipinski definition) is 1. The van der Waals surface area contributed by atoms with Crippen LogP contribution >= 0.6 is 23.1 Å². The molecule has 0 saturated heterocycles. The maximum atomic E-state index is 12.1. The van der Waals surface area contributed by atoms with Crippen LogP contribution in [0.2, 0.25) is 0 Å². The fourth-order valence-corrected chi connectivity index (χ4v) is 3.84. The Morgan fingerprint density at radius 2 is 2.18 bits per heavy atom. The zero-order chi connectivity index (χ0) is 15.7. The highest BCUT2D eigenvalue weighted by Crippen LogP contribution is 2.42. The molecule has 0 spiro atoms. The fourth-order valence-electron chi connectivity index (χ4n) is 2.21. The molecule has 1 amide bonds. The van der Waals surface area contributed by atoms with Crippen molar-refractivity contribution in [2.45, 2.75) is 56.1 Å². The average Bonchev–Trinajstić information content (AvgIpc) is 3.00. The minimum absolute atomic E-state index is 0.0445. The van der Waals surface area contributed by atoms with E-state index in [1.165, 1.54) is 11.8 Å². The van der Waals surface area contributed by atoms with Crippen LogP contribution in [0, 0.1) is 0 Å². The number of thiophene rings is 1. The molecule has 0 aromatic carbocycles. The van der Waals surface area contributed by atoms with Gasteiger partial charge in [0.15, 0.2) is 11.0 Å². The van der Waals surface area contributed by atoms with E-state index >= 15 is 0 Å². The summed E-state index contributed by atoms with van der Waals surface area (Å²) in [6.07, 6.45) is 2.33. The lowest BCUT2D eigenvalue weighted by molar-refractivity contribution is -0.120. The third-order valence-electron chi connectivity index (χ3n) is 3.40. The van der Waals surface area contributed by atoms with Crippen LogP contribution < -0.4 is 5.32 Å². The highest BCUT2D eigenvalue weighted by molar-refractivity contribution is 8.00. The van der Waals surface area contributed by atoms with Gasteiger partial charge in [-0.15, -0.1) is 21.5 Å². The Morgan fingerprint density at radius 1 is 1.41 bits per heavy atom. The number of amides is 1. The molecule has 2 aromatic heterocycles. The van der Waals surface area contributed by atoms with E-state index in [2.05, 4.69) is 26.1 Å². The number of nitrogens with zero attached hydrogens (tertiary/aromatic N) is 3. The predicted molar refractivity (Wildman–Crippen MR) is 90.2 cm³/mol. The first-order valence-electron chi connectivity index (χ1n) is 7.52. The molecular weight excluding hydrogens is 316 g/mol. The highest BCUT2D eigenvalue weighted by atomic mass is 32.2. The summed E-state index contributed by atoms with van der Waals surface area (Å²) in [4.78, 5) is 13.2. The van der Waals surface area contributed by atoms with Crippen molar-refractivity contribution in [2.24, 2.45) is 0 Å². The van der Waals surface area contributed by atoms with Crippen LogP contribution in [0.4, 0.5) is 0 Å². The Bertz CT molecular complexity index is 647. The van der Waals surface area contributed by atoms with Gasteiger partial charge in [-0.1, -0.05) is 17.8 Å². The number of carbonyl (C=O) groups is 1. The second-order valence-electron chi connectivity index (χ2n) is 5.81. The summed E-state index contributed by atoms with van der Waals surface area (Å²) in [5.41, 5.74) is 0. The van der Waals surface area contributed by atoms with Gasteiger partial charge < -0.3 is 5.32 Å². The van der Waals surface area contributed by atoms with Crippen molar-refractivity contribution >= 4 is 29.0 Å². The first-order valence-corrected chi connectivity index (χ1v) is 9.28. The van der Waals surface area contributed by atoms with E-state index in [-0.39, 0.29) is 17.2 Å². The summed E-state index contributed by atoms with van der Waals surface area (Å²) in [5, 5.41) is 14.4. The molecule has 1 fully saturated rings. The molecule has 2 aromatic rings. The van der Waals surface area contributed by atoms with E-state index < -0.39 is 0 Å². The van der Waals surface area contributed by atoms with Gasteiger partial charge in [-0.2, -0.15) is 0 Å². The molecule has 7 heteroatoms. The lowest BCUT2D eigenvalue weighted by Crippen LogP contribution is -2.36. The number of thioether (sulfide) groups is 1. The van der Waals surface area contributed by atoms with Crippen LogP contribution in [0.15, 0.2) is 22.7 Å². The summed E-state index contributed by atoms with van der Waals surface area (Å²) in [5.74, 6) is 0.972. The normalized spacial score (nSPS) is 16.0. The van der Waals surface area contributed by atoms with E-state index in [0.29, 0.717) is 6.04 Å². The second-order valence-corrected chi connectivity index (χ2v) is 8.06. The maximum absolute atomic E-state index is 12.1. The molecule has 0 unspecified atom stereocenters. The lowest BCUT2D eigenvalue weighted by Gasteiger charge is -2.14. The summed E-state index contributed by atoms with van der Waals surface area (Å²) < 4.78 is 2.20. The average molecular weight is 336 g/mol. The number of rotatable bonds is 6. The van der Waals surface area contributed by atoms with Crippen molar-refractivity contribution in [1.82, 2.24) is 20.1 Å². The van der Waals surface area contributed by atoms with Crippen molar-refractivity contribution in [2.75, 3.05) is 0 Å². The molecule has 1 N–H and O–H groups in total. The van der Waals surface area contributed by atoms with Crippen LogP contribution in [0.1, 0.15) is 39.7 Å². The zero-order valence-corrected chi connectivity index (χ0v) is 14.6. The summed E-state index contributed by atoms with van der Waals surface area (Å²) >= 11 is 3.16. The molecular formula is C15H20N4OS2. The van der Waals surface area contributed by atoms with E-state index in [1.54, 1.807) is 11.3 Å². The van der Waals surface area contributed by atoms with Gasteiger partial charge in [0.2, 0.25) is 5.91 Å². The Morgan fingerprint density at radius 3 is 2.77 bits per heavy atom. The predicted octanol–water partition coefficient (Wildman–Crippen LogP) is 3.35. The second kappa shape index (κ2) is 6.42. The number of hydrogen-bond acceptors (Lipinski definition) is 5. The Kier molecular flexibility index (Phi) is 4.54. The lowest BCUT2D eigenvalue weighted by atomic mass is 10.3. The van der Waals surface area contributed by atoms with Gasteiger partial charge in [-0.05, 0) is 45.1 Å². The van der Waals surface area contributed by atoms with Crippen LogP contribution in [0.5, 0.6) is 0 Å². The van der Waals surface area contributed by atoms with Gasteiger partial charge in [-0.25, -0.2) is 0 Å². The largest absolute Gasteiger partial charge is 0.353 e. The van der Waals surface area contributed by atoms with E-state index in [1.807, 2.05) is 32.2 Å². The monoisotopic (exact) mass is 336 g/mol. The zero-order valence-electron chi connectivity index (χ0n) is 12.9. The van der Waals surface area contributed by atoms with Gasteiger partial charge in [0.25, 0.3) is 0 Å². The van der Waals surface area contributed by atoms with Crippen molar-refractivity contribution in [3.8, 4) is 10.7 Å². The van der Waals surface area contributed by atoms with Gasteiger partial charge in [0, 0.05) is 12.1 Å². The van der Waals surface area contributed by atoms with Crippen LogP contribution in [0.3, 0.4) is 0 Å². The topological polar surface area (TPSA) is 59.8 Å². The standard InChI is InChI=1S/C15H20N4OS2/c1-9(2)16-14(20)10(3)22-15-18-17-13(12-5-4-8-21-12)19(15)11-6-7-11/h4-5,8-11H,6-7H2,1-3H3,(H,16,20)/t10-/m1/s1. The van der Waals surface area contributed by atoms with E-state index in [9.17, 15) is 4.79 Å². The molecule has 22 heavy (non-hydrogen) atoms. The minimum Gasteiger partial charge on any atom is -0.353 e. The molecule has 1 saturated carbocycles.